The molecule has 0 aliphatic heterocycles. The first-order chi connectivity index (χ1) is 8.10. The molecule has 1 N–H and O–H groups in total. The number of aromatic nitrogens is 2. The Morgan fingerprint density at radius 1 is 1.47 bits per heavy atom. The molecule has 1 fully saturated rings. The summed E-state index contributed by atoms with van der Waals surface area (Å²) in [5, 5.41) is 15.1. The van der Waals surface area contributed by atoms with Gasteiger partial charge in [0.05, 0.1) is 22.5 Å². The van der Waals surface area contributed by atoms with Gasteiger partial charge in [0.1, 0.15) is 6.10 Å². The highest BCUT2D eigenvalue weighted by molar-refractivity contribution is 6.31. The van der Waals surface area contributed by atoms with Crippen molar-refractivity contribution >= 4 is 11.6 Å². The molecule has 0 saturated heterocycles. The maximum Gasteiger partial charge on any atom is 0.126 e. The van der Waals surface area contributed by atoms with Crippen LogP contribution in [-0.4, -0.2) is 27.6 Å². The molecule has 96 valence electrons. The molecule has 5 heteroatoms. The molecule has 1 aromatic rings. The summed E-state index contributed by atoms with van der Waals surface area (Å²) in [4.78, 5) is 0. The van der Waals surface area contributed by atoms with Crippen LogP contribution in [0.3, 0.4) is 0 Å². The van der Waals surface area contributed by atoms with E-state index in [0.29, 0.717) is 10.7 Å². The molecule has 0 radical (unpaired) electrons. The molecule has 0 amide bonds. The third kappa shape index (κ3) is 2.21. The van der Waals surface area contributed by atoms with Crippen molar-refractivity contribution in [1.82, 2.24) is 9.78 Å². The second-order valence-corrected chi connectivity index (χ2v) is 5.14. The summed E-state index contributed by atoms with van der Waals surface area (Å²) in [5.41, 5.74) is 0.144. The second-order valence-electron chi connectivity index (χ2n) is 4.73. The van der Waals surface area contributed by atoms with E-state index in [1.54, 1.807) is 25.0 Å². The average Bonchev–Trinajstić information content (AvgIpc) is 2.69. The van der Waals surface area contributed by atoms with E-state index in [9.17, 15) is 5.11 Å². The number of aliphatic hydroxyl groups is 1. The molecule has 1 unspecified atom stereocenters. The largest absolute Gasteiger partial charge is 0.384 e. The maximum absolute atomic E-state index is 10.6. The summed E-state index contributed by atoms with van der Waals surface area (Å²) < 4.78 is 7.25. The van der Waals surface area contributed by atoms with Crippen molar-refractivity contribution in [3.63, 3.8) is 0 Å². The van der Waals surface area contributed by atoms with E-state index < -0.39 is 11.7 Å². The lowest BCUT2D eigenvalue weighted by Crippen LogP contribution is -2.41. The van der Waals surface area contributed by atoms with Crippen molar-refractivity contribution in [3.8, 4) is 0 Å². The molecule has 1 aromatic heterocycles. The molecular formula is C12H19ClN2O2. The predicted molar refractivity (Wildman–Crippen MR) is 66.0 cm³/mol. The van der Waals surface area contributed by atoms with E-state index >= 15 is 0 Å². The summed E-state index contributed by atoms with van der Waals surface area (Å²) in [7, 11) is 3.45. The van der Waals surface area contributed by atoms with Crippen molar-refractivity contribution in [1.29, 1.82) is 0 Å². The van der Waals surface area contributed by atoms with Gasteiger partial charge in [0, 0.05) is 14.2 Å². The van der Waals surface area contributed by atoms with E-state index in [0.717, 1.165) is 25.7 Å². The van der Waals surface area contributed by atoms with Crippen molar-refractivity contribution in [2.24, 2.45) is 7.05 Å². The van der Waals surface area contributed by atoms with Gasteiger partial charge in [0.2, 0.25) is 0 Å². The normalized spacial score (nSPS) is 21.4. The lowest BCUT2D eigenvalue weighted by molar-refractivity contribution is -0.127. The smallest absolute Gasteiger partial charge is 0.126 e. The van der Waals surface area contributed by atoms with Gasteiger partial charge in [-0.25, -0.2) is 0 Å². The van der Waals surface area contributed by atoms with Crippen LogP contribution in [0.4, 0.5) is 0 Å². The molecule has 1 aliphatic rings. The lowest BCUT2D eigenvalue weighted by atomic mass is 9.79. The van der Waals surface area contributed by atoms with Gasteiger partial charge in [-0.05, 0) is 12.8 Å². The van der Waals surface area contributed by atoms with Gasteiger partial charge in [-0.3, -0.25) is 4.68 Å². The first-order valence-corrected chi connectivity index (χ1v) is 6.39. The van der Waals surface area contributed by atoms with Gasteiger partial charge < -0.3 is 9.84 Å². The van der Waals surface area contributed by atoms with E-state index in [2.05, 4.69) is 5.10 Å². The Bertz CT molecular complexity index is 366. The van der Waals surface area contributed by atoms with Crippen LogP contribution >= 0.6 is 11.6 Å². The highest BCUT2D eigenvalue weighted by Crippen LogP contribution is 2.42. The van der Waals surface area contributed by atoms with E-state index in [1.807, 2.05) is 0 Å². The molecule has 4 nitrogen and oxygen atoms in total. The van der Waals surface area contributed by atoms with Crippen LogP contribution in [0.2, 0.25) is 5.02 Å². The molecule has 1 aliphatic carbocycles. The Morgan fingerprint density at radius 3 is 2.59 bits per heavy atom. The number of nitrogens with zero attached hydrogens (tertiary/aromatic N) is 2. The molecule has 1 saturated carbocycles. The summed E-state index contributed by atoms with van der Waals surface area (Å²) in [6.07, 6.45) is 5.95. The van der Waals surface area contributed by atoms with E-state index in [4.69, 9.17) is 16.3 Å². The number of aryl methyl sites for hydroxylation is 1. The molecule has 1 atom stereocenters. The lowest BCUT2D eigenvalue weighted by Gasteiger charge is -2.39. The molecule has 17 heavy (non-hydrogen) atoms. The zero-order valence-electron chi connectivity index (χ0n) is 10.3. The van der Waals surface area contributed by atoms with Crippen LogP contribution < -0.4 is 0 Å². The van der Waals surface area contributed by atoms with Crippen molar-refractivity contribution < 1.29 is 9.84 Å². The van der Waals surface area contributed by atoms with Crippen LogP contribution in [0.1, 0.15) is 43.9 Å². The minimum Gasteiger partial charge on any atom is -0.384 e. The number of ether oxygens (including phenoxy) is 1. The number of halogens is 1. The molecular weight excluding hydrogens is 240 g/mol. The standard InChI is InChI=1S/C12H19ClN2O2/c1-15-10(9(13)8-14-15)11(16)12(17-2)6-4-3-5-7-12/h8,11,16H,3-7H2,1-2H3. The SMILES string of the molecule is COC1(C(O)c2c(Cl)cnn2C)CCCCC1. The van der Waals surface area contributed by atoms with Gasteiger partial charge in [0.15, 0.2) is 0 Å². The Balaban J connectivity index is 2.31. The van der Waals surface area contributed by atoms with Gasteiger partial charge >= 0.3 is 0 Å². The molecule has 0 spiro atoms. The summed E-state index contributed by atoms with van der Waals surface area (Å²) in [5.74, 6) is 0. The maximum atomic E-state index is 10.6. The number of methoxy groups -OCH3 is 1. The minimum absolute atomic E-state index is 0.502. The first kappa shape index (κ1) is 12.9. The average molecular weight is 259 g/mol. The fraction of sp³-hybridized carbons (Fsp3) is 0.750. The number of hydrogen-bond acceptors (Lipinski definition) is 3. The third-order valence-corrected chi connectivity index (χ3v) is 4.09. The van der Waals surface area contributed by atoms with Crippen molar-refractivity contribution in [2.45, 2.75) is 43.8 Å². The van der Waals surface area contributed by atoms with Gasteiger partial charge in [-0.2, -0.15) is 5.10 Å². The van der Waals surface area contributed by atoms with Crippen LogP contribution in [0, 0.1) is 0 Å². The topological polar surface area (TPSA) is 47.3 Å². The molecule has 0 aromatic carbocycles. The van der Waals surface area contributed by atoms with Gasteiger partial charge in [-0.1, -0.05) is 30.9 Å². The Labute approximate surface area is 107 Å². The van der Waals surface area contributed by atoms with Gasteiger partial charge in [0.25, 0.3) is 0 Å². The fourth-order valence-corrected chi connectivity index (χ4v) is 2.99. The molecule has 0 bridgehead atoms. The van der Waals surface area contributed by atoms with Crippen LogP contribution in [-0.2, 0) is 11.8 Å². The molecule has 2 rings (SSSR count). The highest BCUT2D eigenvalue weighted by Gasteiger charge is 2.42. The quantitative estimate of drug-likeness (QED) is 0.906. The summed E-state index contributed by atoms with van der Waals surface area (Å²) >= 11 is 6.08. The monoisotopic (exact) mass is 258 g/mol. The van der Waals surface area contributed by atoms with Crippen LogP contribution in [0.25, 0.3) is 0 Å². The zero-order valence-corrected chi connectivity index (χ0v) is 11.1. The van der Waals surface area contributed by atoms with Gasteiger partial charge in [-0.15, -0.1) is 0 Å². The summed E-state index contributed by atoms with van der Waals surface area (Å²) in [6.45, 7) is 0. The van der Waals surface area contributed by atoms with Crippen LogP contribution in [0.5, 0.6) is 0 Å². The van der Waals surface area contributed by atoms with Crippen molar-refractivity contribution in [2.75, 3.05) is 7.11 Å². The number of aliphatic hydroxyl groups excluding tert-OH is 1. The number of rotatable bonds is 3. The predicted octanol–water partition coefficient (Wildman–Crippen LogP) is 2.46. The second kappa shape index (κ2) is 4.96. The van der Waals surface area contributed by atoms with E-state index in [1.165, 1.54) is 6.42 Å². The van der Waals surface area contributed by atoms with E-state index in [-0.39, 0.29) is 0 Å². The Morgan fingerprint density at radius 2 is 2.12 bits per heavy atom. The fourth-order valence-electron chi connectivity index (χ4n) is 2.72. The molecule has 1 heterocycles. The van der Waals surface area contributed by atoms with Crippen molar-refractivity contribution in [3.05, 3.63) is 16.9 Å². The van der Waals surface area contributed by atoms with Crippen LogP contribution in [0.15, 0.2) is 6.20 Å². The number of hydrogen-bond donors (Lipinski definition) is 1. The third-order valence-electron chi connectivity index (χ3n) is 3.80. The zero-order chi connectivity index (χ0) is 12.5. The Kier molecular flexibility index (Phi) is 3.76. The minimum atomic E-state index is -0.715. The Hall–Kier alpha value is -0.580. The first-order valence-electron chi connectivity index (χ1n) is 6.01. The highest BCUT2D eigenvalue weighted by atomic mass is 35.5. The summed E-state index contributed by atoms with van der Waals surface area (Å²) in [6, 6.07) is 0.